The van der Waals surface area contributed by atoms with Gasteiger partial charge in [-0.2, -0.15) is 0 Å². The van der Waals surface area contributed by atoms with Gasteiger partial charge < -0.3 is 34.1 Å². The van der Waals surface area contributed by atoms with Gasteiger partial charge in [0.1, 0.15) is 24.7 Å². The van der Waals surface area contributed by atoms with Gasteiger partial charge in [-0.25, -0.2) is 0 Å². The smallest absolute Gasteiger partial charge is 0.257 e. The Morgan fingerprint density at radius 3 is 2.10 bits per heavy atom. The molecule has 2 amide bonds. The minimum absolute atomic E-state index is 0.0526. The van der Waals surface area contributed by atoms with E-state index in [4.69, 9.17) is 31.2 Å². The number of benzene rings is 3. The van der Waals surface area contributed by atoms with Gasteiger partial charge in [0, 0.05) is 54.7 Å². The fourth-order valence-electron chi connectivity index (χ4n) is 4.56. The number of nitrogens with zero attached hydrogens (tertiary/aromatic N) is 2. The zero-order valence-corrected chi connectivity index (χ0v) is 23.1. The van der Waals surface area contributed by atoms with Crippen LogP contribution in [0.4, 0.5) is 11.4 Å². The van der Waals surface area contributed by atoms with Crippen molar-refractivity contribution in [3.05, 3.63) is 71.8 Å². The van der Waals surface area contributed by atoms with E-state index >= 15 is 0 Å². The molecule has 0 bridgehead atoms. The standard InChI is InChI=1S/C29H30N4O6S/c1-36-23-15-20(16-24(18-23)37-2)28(35)33-11-9-32(10-12-33)22-6-4-21(5-7-22)30-29(40)31-27(34)19-3-8-25-26(17-19)39-14-13-38-25/h3-8,15-18H,9-14H2,1-2H3,(H2,30,31,34,40). The number of fused-ring (bicyclic) bond motifs is 1. The van der Waals surface area contributed by atoms with Crippen molar-refractivity contribution in [2.24, 2.45) is 0 Å². The second-order valence-corrected chi connectivity index (χ2v) is 9.60. The lowest BCUT2D eigenvalue weighted by Gasteiger charge is -2.36. The van der Waals surface area contributed by atoms with Crippen LogP contribution in [0.1, 0.15) is 20.7 Å². The molecule has 1 fully saturated rings. The number of carbonyl (C=O) groups excluding carboxylic acids is 2. The van der Waals surface area contributed by atoms with E-state index in [1.165, 1.54) is 0 Å². The van der Waals surface area contributed by atoms with Gasteiger partial charge in [0.15, 0.2) is 16.6 Å². The zero-order valence-electron chi connectivity index (χ0n) is 22.3. The number of anilines is 2. The summed E-state index contributed by atoms with van der Waals surface area (Å²) < 4.78 is 21.6. The Hall–Kier alpha value is -4.51. The Kier molecular flexibility index (Phi) is 8.20. The maximum Gasteiger partial charge on any atom is 0.257 e. The molecule has 0 spiro atoms. The van der Waals surface area contributed by atoms with E-state index in [9.17, 15) is 9.59 Å². The Morgan fingerprint density at radius 1 is 0.800 bits per heavy atom. The first-order chi connectivity index (χ1) is 19.4. The number of ether oxygens (including phenoxy) is 4. The van der Waals surface area contributed by atoms with E-state index in [1.54, 1.807) is 50.6 Å². The minimum Gasteiger partial charge on any atom is -0.497 e. The van der Waals surface area contributed by atoms with Crippen molar-refractivity contribution in [2.45, 2.75) is 0 Å². The van der Waals surface area contributed by atoms with Crippen LogP contribution < -0.4 is 34.5 Å². The number of nitrogens with one attached hydrogen (secondary N) is 2. The van der Waals surface area contributed by atoms with Crippen LogP contribution in [0.3, 0.4) is 0 Å². The molecule has 0 aliphatic carbocycles. The SMILES string of the molecule is COc1cc(OC)cc(C(=O)N2CCN(c3ccc(NC(=S)NC(=O)c4ccc5c(c4)OCCO5)cc3)CC2)c1. The summed E-state index contributed by atoms with van der Waals surface area (Å²) in [5, 5.41) is 5.93. The van der Waals surface area contributed by atoms with Crippen molar-refractivity contribution in [3.63, 3.8) is 0 Å². The fraction of sp³-hybridized carbons (Fsp3) is 0.276. The third-order valence-corrected chi connectivity index (χ3v) is 6.89. The number of hydrogen-bond donors (Lipinski definition) is 2. The molecule has 3 aromatic carbocycles. The first-order valence-electron chi connectivity index (χ1n) is 12.8. The number of carbonyl (C=O) groups is 2. The Labute approximate surface area is 237 Å². The Balaban J connectivity index is 1.13. The van der Waals surface area contributed by atoms with Gasteiger partial charge >= 0.3 is 0 Å². The highest BCUT2D eigenvalue weighted by Crippen LogP contribution is 2.31. The van der Waals surface area contributed by atoms with Crippen LogP contribution >= 0.6 is 12.2 Å². The van der Waals surface area contributed by atoms with Gasteiger partial charge in [0.05, 0.1) is 14.2 Å². The molecule has 0 aromatic heterocycles. The Morgan fingerprint density at radius 2 is 1.45 bits per heavy atom. The van der Waals surface area contributed by atoms with Gasteiger partial charge in [-0.15, -0.1) is 0 Å². The summed E-state index contributed by atoms with van der Waals surface area (Å²) in [7, 11) is 3.13. The molecule has 40 heavy (non-hydrogen) atoms. The number of methoxy groups -OCH3 is 2. The first kappa shape index (κ1) is 27.1. The molecule has 0 radical (unpaired) electrons. The van der Waals surface area contributed by atoms with Gasteiger partial charge in [-0.05, 0) is 66.8 Å². The molecular weight excluding hydrogens is 532 g/mol. The molecule has 3 aromatic rings. The van der Waals surface area contributed by atoms with Crippen LogP contribution in [0.15, 0.2) is 60.7 Å². The summed E-state index contributed by atoms with van der Waals surface area (Å²) >= 11 is 5.34. The van der Waals surface area contributed by atoms with Crippen molar-refractivity contribution >= 4 is 40.5 Å². The van der Waals surface area contributed by atoms with Gasteiger partial charge in [-0.1, -0.05) is 0 Å². The minimum atomic E-state index is -0.342. The van der Waals surface area contributed by atoms with E-state index in [0.717, 1.165) is 11.4 Å². The van der Waals surface area contributed by atoms with E-state index in [-0.39, 0.29) is 16.9 Å². The van der Waals surface area contributed by atoms with Gasteiger partial charge in [-0.3, -0.25) is 14.9 Å². The fourth-order valence-corrected chi connectivity index (χ4v) is 4.77. The summed E-state index contributed by atoms with van der Waals surface area (Å²) in [6.07, 6.45) is 0. The van der Waals surface area contributed by atoms with Crippen molar-refractivity contribution in [1.29, 1.82) is 0 Å². The number of piperazine rings is 1. The summed E-state index contributed by atoms with van der Waals surface area (Å²) in [5.74, 6) is 1.93. The maximum atomic E-state index is 13.1. The van der Waals surface area contributed by atoms with Gasteiger partial charge in [0.25, 0.3) is 11.8 Å². The van der Waals surface area contributed by atoms with E-state index < -0.39 is 0 Å². The number of amides is 2. The second kappa shape index (κ2) is 12.1. The van der Waals surface area contributed by atoms with Crippen LogP contribution in [0.25, 0.3) is 0 Å². The third kappa shape index (κ3) is 6.20. The predicted molar refractivity (Wildman–Crippen MR) is 155 cm³/mol. The molecule has 2 N–H and O–H groups in total. The second-order valence-electron chi connectivity index (χ2n) is 9.19. The summed E-state index contributed by atoms with van der Waals surface area (Å²) in [4.78, 5) is 29.8. The molecule has 0 unspecified atom stereocenters. The third-order valence-electron chi connectivity index (χ3n) is 6.69. The molecule has 0 atom stereocenters. The number of hydrogen-bond acceptors (Lipinski definition) is 8. The largest absolute Gasteiger partial charge is 0.497 e. The molecular formula is C29H30N4O6S. The van der Waals surface area contributed by atoms with Crippen molar-refractivity contribution in [2.75, 3.05) is 63.8 Å². The molecule has 1 saturated heterocycles. The monoisotopic (exact) mass is 562 g/mol. The van der Waals surface area contributed by atoms with Gasteiger partial charge in [0.2, 0.25) is 0 Å². The molecule has 2 aliphatic rings. The zero-order chi connectivity index (χ0) is 28.1. The van der Waals surface area contributed by atoms with Crippen LogP contribution in [-0.4, -0.2) is 75.4 Å². The summed E-state index contributed by atoms with van der Waals surface area (Å²) in [5.41, 5.74) is 2.74. The van der Waals surface area contributed by atoms with Crippen molar-refractivity contribution in [1.82, 2.24) is 10.2 Å². The summed E-state index contributed by atoms with van der Waals surface area (Å²) in [6.45, 7) is 3.51. The van der Waals surface area contributed by atoms with E-state index in [0.29, 0.717) is 73.5 Å². The van der Waals surface area contributed by atoms with Crippen molar-refractivity contribution < 1.29 is 28.5 Å². The van der Waals surface area contributed by atoms with E-state index in [1.807, 2.05) is 29.2 Å². The molecule has 11 heteroatoms. The average Bonchev–Trinajstić information content (AvgIpc) is 3.00. The first-order valence-corrected chi connectivity index (χ1v) is 13.2. The summed E-state index contributed by atoms with van der Waals surface area (Å²) in [6, 6.07) is 18.0. The van der Waals surface area contributed by atoms with Crippen LogP contribution in [0.5, 0.6) is 23.0 Å². The maximum absolute atomic E-state index is 13.1. The lowest BCUT2D eigenvalue weighted by Crippen LogP contribution is -2.48. The highest BCUT2D eigenvalue weighted by atomic mass is 32.1. The average molecular weight is 563 g/mol. The number of rotatable bonds is 6. The molecule has 0 saturated carbocycles. The molecule has 2 aliphatic heterocycles. The highest BCUT2D eigenvalue weighted by Gasteiger charge is 2.23. The predicted octanol–water partition coefficient (Wildman–Crippen LogP) is 3.56. The highest BCUT2D eigenvalue weighted by molar-refractivity contribution is 7.80. The van der Waals surface area contributed by atoms with Crippen LogP contribution in [0, 0.1) is 0 Å². The van der Waals surface area contributed by atoms with Crippen LogP contribution in [0.2, 0.25) is 0 Å². The molecule has 208 valence electrons. The number of thiocarbonyl (C=S) groups is 1. The van der Waals surface area contributed by atoms with E-state index in [2.05, 4.69) is 15.5 Å². The van der Waals surface area contributed by atoms with Crippen molar-refractivity contribution in [3.8, 4) is 23.0 Å². The Bertz CT molecular complexity index is 1380. The molecule has 5 rings (SSSR count). The lowest BCUT2D eigenvalue weighted by molar-refractivity contribution is 0.0745. The normalized spacial score (nSPS) is 14.2. The lowest BCUT2D eigenvalue weighted by atomic mass is 10.1. The topological polar surface area (TPSA) is 102 Å². The molecule has 10 nitrogen and oxygen atoms in total. The molecule has 2 heterocycles. The van der Waals surface area contributed by atoms with Crippen LogP contribution in [-0.2, 0) is 0 Å². The quantitative estimate of drug-likeness (QED) is 0.437.